The highest BCUT2D eigenvalue weighted by molar-refractivity contribution is 5.34. The lowest BCUT2D eigenvalue weighted by Gasteiger charge is -2.22. The molecule has 0 spiro atoms. The summed E-state index contributed by atoms with van der Waals surface area (Å²) < 4.78 is 0. The zero-order valence-electron chi connectivity index (χ0n) is 10.9. The Morgan fingerprint density at radius 3 is 2.58 bits per heavy atom. The van der Waals surface area contributed by atoms with Crippen molar-refractivity contribution in [2.45, 2.75) is 24.9 Å². The fourth-order valence-corrected chi connectivity index (χ4v) is 2.91. The molecule has 98 valence electrons. The summed E-state index contributed by atoms with van der Waals surface area (Å²) in [7, 11) is 0. The molecule has 1 unspecified atom stereocenters. The molecule has 0 fully saturated rings. The highest BCUT2D eigenvalue weighted by Gasteiger charge is 2.24. The molecule has 2 N–H and O–H groups in total. The van der Waals surface area contributed by atoms with Crippen LogP contribution in [-0.2, 0) is 6.42 Å². The van der Waals surface area contributed by atoms with Crippen molar-refractivity contribution in [3.63, 3.8) is 0 Å². The Hall–Kier alpha value is -1.64. The molecule has 3 rings (SSSR count). The minimum Gasteiger partial charge on any atom is -0.394 e. The van der Waals surface area contributed by atoms with Crippen LogP contribution < -0.4 is 5.32 Å². The third-order valence-corrected chi connectivity index (χ3v) is 3.92. The molecule has 1 aliphatic carbocycles. The molecular formula is C17H19NO. The van der Waals surface area contributed by atoms with Gasteiger partial charge in [-0.15, -0.1) is 0 Å². The van der Waals surface area contributed by atoms with Gasteiger partial charge >= 0.3 is 0 Å². The van der Waals surface area contributed by atoms with Gasteiger partial charge in [0.05, 0.1) is 12.6 Å². The van der Waals surface area contributed by atoms with E-state index < -0.39 is 0 Å². The van der Waals surface area contributed by atoms with Gasteiger partial charge in [-0.25, -0.2) is 0 Å². The molecule has 2 heteroatoms. The fourth-order valence-electron chi connectivity index (χ4n) is 2.91. The summed E-state index contributed by atoms with van der Waals surface area (Å²) in [6.07, 6.45) is 2.24. The number of aliphatic hydroxyl groups is 1. The van der Waals surface area contributed by atoms with E-state index in [2.05, 4.69) is 41.7 Å². The molecule has 0 aromatic heterocycles. The van der Waals surface area contributed by atoms with Crippen LogP contribution in [0.15, 0.2) is 54.6 Å². The summed E-state index contributed by atoms with van der Waals surface area (Å²) in [5.41, 5.74) is 3.97. The van der Waals surface area contributed by atoms with Gasteiger partial charge in [0.25, 0.3) is 0 Å². The van der Waals surface area contributed by atoms with Crippen LogP contribution in [-0.4, -0.2) is 11.7 Å². The zero-order valence-corrected chi connectivity index (χ0v) is 10.9. The molecule has 0 amide bonds. The Morgan fingerprint density at radius 1 is 1.05 bits per heavy atom. The van der Waals surface area contributed by atoms with Crippen molar-refractivity contribution in [3.05, 3.63) is 71.3 Å². The first-order chi connectivity index (χ1) is 9.38. The minimum absolute atomic E-state index is 0.0114. The number of fused-ring (bicyclic) bond motifs is 1. The Morgan fingerprint density at radius 2 is 1.79 bits per heavy atom. The Balaban J connectivity index is 1.78. The molecule has 2 nitrogen and oxygen atoms in total. The maximum atomic E-state index is 9.63. The molecule has 19 heavy (non-hydrogen) atoms. The maximum Gasteiger partial charge on any atom is 0.0626 e. The van der Waals surface area contributed by atoms with E-state index in [1.54, 1.807) is 0 Å². The van der Waals surface area contributed by atoms with Gasteiger partial charge < -0.3 is 10.4 Å². The normalized spacial score (nSPS) is 19.1. The minimum atomic E-state index is 0.0114. The molecule has 0 saturated heterocycles. The lowest BCUT2D eigenvalue weighted by Crippen LogP contribution is -2.27. The molecule has 2 aromatic rings. The van der Waals surface area contributed by atoms with Crippen molar-refractivity contribution in [1.82, 2.24) is 5.32 Å². The van der Waals surface area contributed by atoms with E-state index >= 15 is 0 Å². The van der Waals surface area contributed by atoms with E-state index in [1.807, 2.05) is 18.2 Å². The smallest absolute Gasteiger partial charge is 0.0626 e. The standard InChI is InChI=1S/C17H19NO/c19-12-17(14-7-2-1-3-8-14)18-16-11-10-13-6-4-5-9-15(13)16/h1-9,16-19H,10-12H2/t16?,17-/m1/s1. The van der Waals surface area contributed by atoms with E-state index in [-0.39, 0.29) is 12.6 Å². The lowest BCUT2D eigenvalue weighted by atomic mass is 10.0. The topological polar surface area (TPSA) is 32.3 Å². The van der Waals surface area contributed by atoms with Crippen LogP contribution in [0.5, 0.6) is 0 Å². The number of hydrogen-bond acceptors (Lipinski definition) is 2. The van der Waals surface area contributed by atoms with Crippen LogP contribution in [0.2, 0.25) is 0 Å². The Labute approximate surface area is 114 Å². The maximum absolute atomic E-state index is 9.63. The van der Waals surface area contributed by atoms with Crippen molar-refractivity contribution >= 4 is 0 Å². The molecule has 0 saturated carbocycles. The van der Waals surface area contributed by atoms with E-state index in [4.69, 9.17) is 0 Å². The third kappa shape index (κ3) is 2.55. The number of aliphatic hydroxyl groups excluding tert-OH is 1. The third-order valence-electron chi connectivity index (χ3n) is 3.92. The number of hydrogen-bond donors (Lipinski definition) is 2. The van der Waals surface area contributed by atoms with Gasteiger partial charge in [-0.2, -0.15) is 0 Å². The van der Waals surface area contributed by atoms with Crippen LogP contribution in [0.25, 0.3) is 0 Å². The summed E-state index contributed by atoms with van der Waals surface area (Å²) in [4.78, 5) is 0. The van der Waals surface area contributed by atoms with Gasteiger partial charge in [-0.3, -0.25) is 0 Å². The predicted octanol–water partition coefficient (Wildman–Crippen LogP) is 3.00. The van der Waals surface area contributed by atoms with Crippen LogP contribution >= 0.6 is 0 Å². The highest BCUT2D eigenvalue weighted by atomic mass is 16.3. The first kappa shape index (κ1) is 12.4. The van der Waals surface area contributed by atoms with E-state index in [0.717, 1.165) is 18.4 Å². The zero-order chi connectivity index (χ0) is 13.1. The van der Waals surface area contributed by atoms with Crippen molar-refractivity contribution < 1.29 is 5.11 Å². The summed E-state index contributed by atoms with van der Waals surface area (Å²) in [6, 6.07) is 19.1. The first-order valence-corrected chi connectivity index (χ1v) is 6.88. The molecule has 0 heterocycles. The van der Waals surface area contributed by atoms with Gasteiger partial charge in [-0.1, -0.05) is 54.6 Å². The second-order valence-electron chi connectivity index (χ2n) is 5.10. The summed E-state index contributed by atoms with van der Waals surface area (Å²) in [6.45, 7) is 0.128. The number of aryl methyl sites for hydroxylation is 1. The highest BCUT2D eigenvalue weighted by Crippen LogP contribution is 2.32. The van der Waals surface area contributed by atoms with Crippen LogP contribution in [0.4, 0.5) is 0 Å². The Kier molecular flexibility index (Phi) is 3.62. The number of rotatable bonds is 4. The second kappa shape index (κ2) is 5.55. The van der Waals surface area contributed by atoms with Gasteiger partial charge in [-0.05, 0) is 29.5 Å². The Bertz CT molecular complexity index is 538. The molecule has 2 aromatic carbocycles. The number of nitrogens with one attached hydrogen (secondary N) is 1. The molecule has 2 atom stereocenters. The quantitative estimate of drug-likeness (QED) is 0.878. The molecule has 0 bridgehead atoms. The largest absolute Gasteiger partial charge is 0.394 e. The second-order valence-corrected chi connectivity index (χ2v) is 5.10. The lowest BCUT2D eigenvalue weighted by molar-refractivity contribution is 0.233. The molecular weight excluding hydrogens is 234 g/mol. The van der Waals surface area contributed by atoms with Crippen LogP contribution in [0.1, 0.15) is 35.2 Å². The van der Waals surface area contributed by atoms with Crippen molar-refractivity contribution in [2.75, 3.05) is 6.61 Å². The van der Waals surface area contributed by atoms with Crippen molar-refractivity contribution in [1.29, 1.82) is 0 Å². The molecule has 1 aliphatic rings. The van der Waals surface area contributed by atoms with Crippen molar-refractivity contribution in [3.8, 4) is 0 Å². The average molecular weight is 253 g/mol. The summed E-state index contributed by atoms with van der Waals surface area (Å²) in [5.74, 6) is 0. The summed E-state index contributed by atoms with van der Waals surface area (Å²) in [5, 5.41) is 13.2. The van der Waals surface area contributed by atoms with E-state index in [1.165, 1.54) is 11.1 Å². The fraction of sp³-hybridized carbons (Fsp3) is 0.294. The summed E-state index contributed by atoms with van der Waals surface area (Å²) >= 11 is 0. The van der Waals surface area contributed by atoms with Crippen LogP contribution in [0.3, 0.4) is 0 Å². The number of benzene rings is 2. The van der Waals surface area contributed by atoms with Gasteiger partial charge in [0.15, 0.2) is 0 Å². The van der Waals surface area contributed by atoms with Crippen molar-refractivity contribution in [2.24, 2.45) is 0 Å². The SMILES string of the molecule is OC[C@@H](NC1CCc2ccccc21)c1ccccc1. The van der Waals surface area contributed by atoms with E-state index in [9.17, 15) is 5.11 Å². The predicted molar refractivity (Wildman–Crippen MR) is 76.9 cm³/mol. The first-order valence-electron chi connectivity index (χ1n) is 6.88. The van der Waals surface area contributed by atoms with Crippen LogP contribution in [0, 0.1) is 0 Å². The average Bonchev–Trinajstić information content (AvgIpc) is 2.89. The van der Waals surface area contributed by atoms with Gasteiger partial charge in [0, 0.05) is 6.04 Å². The molecule has 0 aliphatic heterocycles. The van der Waals surface area contributed by atoms with Gasteiger partial charge in [0.1, 0.15) is 0 Å². The monoisotopic (exact) mass is 253 g/mol. The van der Waals surface area contributed by atoms with Gasteiger partial charge in [0.2, 0.25) is 0 Å². The molecule has 0 radical (unpaired) electrons. The van der Waals surface area contributed by atoms with E-state index in [0.29, 0.717) is 6.04 Å².